The Hall–Kier alpha value is -2.11. The number of nitrogens with zero attached hydrogens (tertiary/aromatic N) is 4. The smallest absolute Gasteiger partial charge is 0.341 e. The highest BCUT2D eigenvalue weighted by Crippen LogP contribution is 2.34. The average Bonchev–Trinajstić information content (AvgIpc) is 2.91. The van der Waals surface area contributed by atoms with Crippen LogP contribution in [0.2, 0.25) is 0 Å². The number of aromatic nitrogens is 3. The molecule has 23 heavy (non-hydrogen) atoms. The van der Waals surface area contributed by atoms with Crippen LogP contribution in [0.3, 0.4) is 0 Å². The molecule has 0 unspecified atom stereocenters. The van der Waals surface area contributed by atoms with Crippen LogP contribution < -0.4 is 4.90 Å². The van der Waals surface area contributed by atoms with Gasteiger partial charge >= 0.3 is 5.97 Å². The number of piperidine rings is 1. The van der Waals surface area contributed by atoms with Gasteiger partial charge in [0.1, 0.15) is 5.56 Å². The molecule has 0 saturated carbocycles. The first-order valence-electron chi connectivity index (χ1n) is 8.45. The van der Waals surface area contributed by atoms with E-state index < -0.39 is 0 Å². The molecule has 2 aromatic rings. The Morgan fingerprint density at radius 2 is 2.00 bits per heavy atom. The zero-order valence-electron chi connectivity index (χ0n) is 14.1. The van der Waals surface area contributed by atoms with Gasteiger partial charge in [-0.3, -0.25) is 0 Å². The molecule has 124 valence electrons. The summed E-state index contributed by atoms with van der Waals surface area (Å²) < 4.78 is 7.14. The minimum absolute atomic E-state index is 0.300. The maximum atomic E-state index is 12.4. The number of anilines is 1. The van der Waals surface area contributed by atoms with E-state index in [1.54, 1.807) is 6.20 Å². The van der Waals surface area contributed by atoms with E-state index >= 15 is 0 Å². The first kappa shape index (κ1) is 15.8. The molecule has 3 rings (SSSR count). The monoisotopic (exact) mass is 316 g/mol. The quantitative estimate of drug-likeness (QED) is 0.812. The molecule has 0 aromatic carbocycles. The van der Waals surface area contributed by atoms with E-state index in [0.717, 1.165) is 54.9 Å². The minimum atomic E-state index is -0.300. The van der Waals surface area contributed by atoms with E-state index in [4.69, 9.17) is 4.74 Å². The van der Waals surface area contributed by atoms with E-state index in [0.29, 0.717) is 12.2 Å². The molecule has 1 fully saturated rings. The van der Waals surface area contributed by atoms with E-state index in [1.165, 1.54) is 6.42 Å². The van der Waals surface area contributed by atoms with Crippen LogP contribution in [0, 0.1) is 6.92 Å². The number of carbonyl (C=O) groups excluding carboxylic acids is 1. The van der Waals surface area contributed by atoms with Crippen molar-refractivity contribution in [3.8, 4) is 0 Å². The molecule has 0 spiro atoms. The predicted molar refractivity (Wildman–Crippen MR) is 90.0 cm³/mol. The lowest BCUT2D eigenvalue weighted by Gasteiger charge is -2.30. The highest BCUT2D eigenvalue weighted by atomic mass is 16.5. The van der Waals surface area contributed by atoms with Crippen LogP contribution >= 0.6 is 0 Å². The topological polar surface area (TPSA) is 60.2 Å². The van der Waals surface area contributed by atoms with Gasteiger partial charge < -0.3 is 9.64 Å². The Bertz CT molecular complexity index is 717. The molecule has 6 nitrogen and oxygen atoms in total. The third-order valence-electron chi connectivity index (χ3n) is 4.38. The van der Waals surface area contributed by atoms with E-state index in [9.17, 15) is 4.79 Å². The summed E-state index contributed by atoms with van der Waals surface area (Å²) in [6.07, 6.45) is 5.18. The fraction of sp³-hybridized carbons (Fsp3) is 0.588. The highest BCUT2D eigenvalue weighted by molar-refractivity contribution is 6.05. The van der Waals surface area contributed by atoms with Crippen molar-refractivity contribution in [1.29, 1.82) is 0 Å². The van der Waals surface area contributed by atoms with Crippen LogP contribution in [-0.2, 0) is 11.3 Å². The van der Waals surface area contributed by atoms with Crippen molar-refractivity contribution in [1.82, 2.24) is 14.8 Å². The maximum Gasteiger partial charge on any atom is 0.341 e. The standard InChI is InChI=1S/C17H24N4O2/c1-4-21-16-14(12(3)19-21)15(20-9-7-6-8-10-20)13(11-18-16)17(22)23-5-2/h11H,4-10H2,1-3H3. The second-order valence-corrected chi connectivity index (χ2v) is 5.89. The molecule has 6 heteroatoms. The lowest BCUT2D eigenvalue weighted by Crippen LogP contribution is -2.31. The third-order valence-corrected chi connectivity index (χ3v) is 4.38. The van der Waals surface area contributed by atoms with Crippen LogP contribution in [-0.4, -0.2) is 40.4 Å². The number of hydrogen-bond donors (Lipinski definition) is 0. The van der Waals surface area contributed by atoms with Gasteiger partial charge in [-0.05, 0) is 40.0 Å². The Balaban J connectivity index is 2.22. The van der Waals surface area contributed by atoms with E-state index in [-0.39, 0.29) is 5.97 Å². The largest absolute Gasteiger partial charge is 0.462 e. The summed E-state index contributed by atoms with van der Waals surface area (Å²) in [7, 11) is 0. The molecule has 1 saturated heterocycles. The zero-order chi connectivity index (χ0) is 16.4. The summed E-state index contributed by atoms with van der Waals surface area (Å²) in [6, 6.07) is 0. The lowest BCUT2D eigenvalue weighted by atomic mass is 10.1. The van der Waals surface area contributed by atoms with Crippen molar-refractivity contribution in [2.75, 3.05) is 24.6 Å². The Morgan fingerprint density at radius 3 is 2.65 bits per heavy atom. The summed E-state index contributed by atoms with van der Waals surface area (Å²) in [6.45, 7) is 8.90. The van der Waals surface area contributed by atoms with Gasteiger partial charge in [0.05, 0.1) is 23.4 Å². The molecule has 1 aliphatic heterocycles. The third kappa shape index (κ3) is 2.78. The van der Waals surface area contributed by atoms with Crippen molar-refractivity contribution in [2.45, 2.75) is 46.6 Å². The Morgan fingerprint density at radius 1 is 1.26 bits per heavy atom. The second-order valence-electron chi connectivity index (χ2n) is 5.89. The molecule has 0 radical (unpaired) electrons. The molecule has 0 atom stereocenters. The van der Waals surface area contributed by atoms with Crippen LogP contribution in [0.1, 0.15) is 49.2 Å². The SMILES string of the molecule is CCOC(=O)c1cnc2c(c(C)nn2CC)c1N1CCCCC1. The van der Waals surface area contributed by atoms with Crippen molar-refractivity contribution in [3.63, 3.8) is 0 Å². The normalized spacial score (nSPS) is 15.2. The van der Waals surface area contributed by atoms with Gasteiger partial charge in [-0.2, -0.15) is 5.10 Å². The van der Waals surface area contributed by atoms with Crippen LogP contribution in [0.15, 0.2) is 6.20 Å². The molecule has 0 amide bonds. The highest BCUT2D eigenvalue weighted by Gasteiger charge is 2.25. The summed E-state index contributed by atoms with van der Waals surface area (Å²) in [4.78, 5) is 19.2. The van der Waals surface area contributed by atoms with Gasteiger partial charge in [-0.1, -0.05) is 0 Å². The van der Waals surface area contributed by atoms with Gasteiger partial charge in [0.2, 0.25) is 0 Å². The number of aryl methyl sites for hydroxylation is 2. The number of rotatable bonds is 4. The number of fused-ring (bicyclic) bond motifs is 1. The maximum absolute atomic E-state index is 12.4. The van der Waals surface area contributed by atoms with E-state index in [2.05, 4.69) is 15.0 Å². The number of ether oxygens (including phenoxy) is 1. The first-order valence-corrected chi connectivity index (χ1v) is 8.45. The number of hydrogen-bond acceptors (Lipinski definition) is 5. The average molecular weight is 316 g/mol. The number of esters is 1. The zero-order valence-corrected chi connectivity index (χ0v) is 14.1. The summed E-state index contributed by atoms with van der Waals surface area (Å²) in [5.74, 6) is -0.300. The van der Waals surface area contributed by atoms with Gasteiger partial charge in [0.15, 0.2) is 5.65 Å². The molecular weight excluding hydrogens is 292 g/mol. The van der Waals surface area contributed by atoms with Crippen LogP contribution in [0.5, 0.6) is 0 Å². The molecule has 3 heterocycles. The summed E-state index contributed by atoms with van der Waals surface area (Å²) in [5.41, 5.74) is 3.27. The van der Waals surface area contributed by atoms with Gasteiger partial charge in [-0.15, -0.1) is 0 Å². The number of pyridine rings is 1. The summed E-state index contributed by atoms with van der Waals surface area (Å²) >= 11 is 0. The first-order chi connectivity index (χ1) is 11.2. The van der Waals surface area contributed by atoms with Gasteiger partial charge in [0.25, 0.3) is 0 Å². The van der Waals surface area contributed by atoms with E-state index in [1.807, 2.05) is 25.5 Å². The molecular formula is C17H24N4O2. The fourth-order valence-corrected chi connectivity index (χ4v) is 3.32. The van der Waals surface area contributed by atoms with Crippen molar-refractivity contribution >= 4 is 22.7 Å². The van der Waals surface area contributed by atoms with Crippen molar-refractivity contribution in [3.05, 3.63) is 17.5 Å². The predicted octanol–water partition coefficient (Wildman–Crippen LogP) is 2.93. The van der Waals surface area contributed by atoms with Gasteiger partial charge in [0, 0.05) is 25.8 Å². The molecule has 0 aliphatic carbocycles. The Kier molecular flexibility index (Phi) is 4.50. The minimum Gasteiger partial charge on any atom is -0.462 e. The van der Waals surface area contributed by atoms with Crippen LogP contribution in [0.4, 0.5) is 5.69 Å². The molecule has 2 aromatic heterocycles. The lowest BCUT2D eigenvalue weighted by molar-refractivity contribution is 0.0526. The van der Waals surface area contributed by atoms with Crippen molar-refractivity contribution < 1.29 is 9.53 Å². The van der Waals surface area contributed by atoms with Crippen LogP contribution in [0.25, 0.3) is 11.0 Å². The molecule has 0 N–H and O–H groups in total. The second kappa shape index (κ2) is 6.56. The fourth-order valence-electron chi connectivity index (χ4n) is 3.32. The molecule has 1 aliphatic rings. The van der Waals surface area contributed by atoms with Crippen molar-refractivity contribution in [2.24, 2.45) is 0 Å². The summed E-state index contributed by atoms with van der Waals surface area (Å²) in [5, 5.41) is 5.57. The number of carbonyl (C=O) groups is 1. The molecule has 0 bridgehead atoms. The van der Waals surface area contributed by atoms with Gasteiger partial charge in [-0.25, -0.2) is 14.5 Å². The Labute approximate surface area is 136 Å².